The highest BCUT2D eigenvalue weighted by molar-refractivity contribution is 8.01. The summed E-state index contributed by atoms with van der Waals surface area (Å²) in [5.74, 6) is 0.953. The molecule has 0 radical (unpaired) electrons. The highest BCUT2D eigenvalue weighted by atomic mass is 32.2. The van der Waals surface area contributed by atoms with Gasteiger partial charge in [-0.2, -0.15) is 0 Å². The molecule has 0 unspecified atom stereocenters. The standard InChI is InChI=1S/C14H18N2O4S/c1-8-10(9(2)20-15-8)6-19-13(18)11-7-21-14(3)5-4-12(17)16(11)14/h11H,4-7H2,1-3H3/t11-,14-/m0/s1. The number of carbonyl (C=O) groups excluding carboxylic acids is 2. The molecule has 1 aromatic rings. The van der Waals surface area contributed by atoms with E-state index in [1.54, 1.807) is 23.6 Å². The molecule has 2 fully saturated rings. The van der Waals surface area contributed by atoms with Crippen LogP contribution in [0.25, 0.3) is 0 Å². The molecule has 0 bridgehead atoms. The molecule has 0 aromatic carbocycles. The van der Waals surface area contributed by atoms with Crippen LogP contribution in [0.3, 0.4) is 0 Å². The van der Waals surface area contributed by atoms with Gasteiger partial charge in [-0.1, -0.05) is 5.16 Å². The number of esters is 1. The number of thioether (sulfide) groups is 1. The number of nitrogens with zero attached hydrogens (tertiary/aromatic N) is 2. The second-order valence-electron chi connectivity index (χ2n) is 5.68. The first-order valence-electron chi connectivity index (χ1n) is 6.97. The topological polar surface area (TPSA) is 72.6 Å². The summed E-state index contributed by atoms with van der Waals surface area (Å²) in [7, 11) is 0. The number of hydrogen-bond acceptors (Lipinski definition) is 6. The quantitative estimate of drug-likeness (QED) is 0.793. The summed E-state index contributed by atoms with van der Waals surface area (Å²) < 4.78 is 10.4. The predicted octanol–water partition coefficient (Wildman–Crippen LogP) is 1.79. The van der Waals surface area contributed by atoms with Gasteiger partial charge in [-0.05, 0) is 27.2 Å². The second-order valence-corrected chi connectivity index (χ2v) is 7.18. The Balaban J connectivity index is 1.68. The van der Waals surface area contributed by atoms with Crippen molar-refractivity contribution in [3.8, 4) is 0 Å². The summed E-state index contributed by atoms with van der Waals surface area (Å²) in [6, 6.07) is -0.476. The molecule has 114 valence electrons. The Labute approximate surface area is 127 Å². The van der Waals surface area contributed by atoms with E-state index in [2.05, 4.69) is 5.16 Å². The fourth-order valence-electron chi connectivity index (χ4n) is 2.94. The zero-order valence-corrected chi connectivity index (χ0v) is 13.2. The van der Waals surface area contributed by atoms with Crippen LogP contribution in [0.5, 0.6) is 0 Å². The van der Waals surface area contributed by atoms with Gasteiger partial charge in [0.05, 0.1) is 16.1 Å². The van der Waals surface area contributed by atoms with Gasteiger partial charge in [0, 0.05) is 12.2 Å². The average Bonchev–Trinajstić information content (AvgIpc) is 3.04. The van der Waals surface area contributed by atoms with Gasteiger partial charge in [-0.25, -0.2) is 4.79 Å². The Kier molecular flexibility index (Phi) is 3.47. The first kappa shape index (κ1) is 14.4. The zero-order valence-electron chi connectivity index (χ0n) is 12.3. The van der Waals surface area contributed by atoms with Gasteiger partial charge in [0.2, 0.25) is 5.91 Å². The molecule has 3 heterocycles. The molecule has 7 heteroatoms. The molecule has 1 aromatic heterocycles. The van der Waals surface area contributed by atoms with Crippen molar-refractivity contribution in [1.82, 2.24) is 10.1 Å². The molecule has 0 aliphatic carbocycles. The van der Waals surface area contributed by atoms with Gasteiger partial charge >= 0.3 is 5.97 Å². The molecule has 6 nitrogen and oxygen atoms in total. The first-order chi connectivity index (χ1) is 9.92. The number of aryl methyl sites for hydroxylation is 2. The van der Waals surface area contributed by atoms with Crippen molar-refractivity contribution in [2.45, 2.75) is 51.1 Å². The number of aromatic nitrogens is 1. The highest BCUT2D eigenvalue weighted by Gasteiger charge is 2.53. The smallest absolute Gasteiger partial charge is 0.330 e. The summed E-state index contributed by atoms with van der Waals surface area (Å²) in [5, 5.41) is 3.83. The maximum atomic E-state index is 12.3. The first-order valence-corrected chi connectivity index (χ1v) is 7.95. The van der Waals surface area contributed by atoms with E-state index >= 15 is 0 Å². The minimum absolute atomic E-state index is 0.0433. The van der Waals surface area contributed by atoms with Crippen LogP contribution in [0.15, 0.2) is 4.52 Å². The molecule has 2 atom stereocenters. The Morgan fingerprint density at radius 2 is 2.33 bits per heavy atom. The van der Waals surface area contributed by atoms with E-state index in [9.17, 15) is 9.59 Å². The molecule has 3 rings (SSSR count). The lowest BCUT2D eigenvalue weighted by Gasteiger charge is -2.29. The van der Waals surface area contributed by atoms with Crippen molar-refractivity contribution in [2.24, 2.45) is 0 Å². The molecule has 0 saturated carbocycles. The van der Waals surface area contributed by atoms with Gasteiger partial charge < -0.3 is 14.2 Å². The Morgan fingerprint density at radius 1 is 1.57 bits per heavy atom. The van der Waals surface area contributed by atoms with Crippen LogP contribution < -0.4 is 0 Å². The molecule has 2 saturated heterocycles. The van der Waals surface area contributed by atoms with Crippen molar-refractivity contribution in [2.75, 3.05) is 5.75 Å². The van der Waals surface area contributed by atoms with E-state index in [0.29, 0.717) is 17.9 Å². The van der Waals surface area contributed by atoms with Crippen molar-refractivity contribution in [3.63, 3.8) is 0 Å². The van der Waals surface area contributed by atoms with Crippen molar-refractivity contribution in [3.05, 3.63) is 17.0 Å². The summed E-state index contributed by atoms with van der Waals surface area (Å²) in [5.41, 5.74) is 1.52. The summed E-state index contributed by atoms with van der Waals surface area (Å²) in [6.07, 6.45) is 1.31. The lowest BCUT2D eigenvalue weighted by molar-refractivity contribution is -0.154. The molecule has 2 aliphatic rings. The average molecular weight is 310 g/mol. The van der Waals surface area contributed by atoms with E-state index in [4.69, 9.17) is 9.26 Å². The van der Waals surface area contributed by atoms with E-state index in [-0.39, 0.29) is 23.4 Å². The Morgan fingerprint density at radius 3 is 3.00 bits per heavy atom. The van der Waals surface area contributed by atoms with E-state index in [1.807, 2.05) is 13.8 Å². The number of ether oxygens (including phenoxy) is 1. The van der Waals surface area contributed by atoms with Gasteiger partial charge in [-0.3, -0.25) is 4.79 Å². The third-order valence-corrected chi connectivity index (χ3v) is 5.76. The summed E-state index contributed by atoms with van der Waals surface area (Å²) >= 11 is 1.66. The Hall–Kier alpha value is -1.50. The van der Waals surface area contributed by atoms with Gasteiger partial charge in [0.1, 0.15) is 18.4 Å². The number of fused-ring (bicyclic) bond motifs is 1. The molecule has 2 aliphatic heterocycles. The van der Waals surface area contributed by atoms with Crippen molar-refractivity contribution < 1.29 is 18.8 Å². The molecule has 21 heavy (non-hydrogen) atoms. The fraction of sp³-hybridized carbons (Fsp3) is 0.643. The van der Waals surface area contributed by atoms with Crippen LogP contribution in [-0.4, -0.2) is 38.6 Å². The van der Waals surface area contributed by atoms with Crippen LogP contribution in [0.4, 0.5) is 0 Å². The maximum absolute atomic E-state index is 12.3. The number of amides is 1. The van der Waals surface area contributed by atoms with Gasteiger partial charge in [0.15, 0.2) is 0 Å². The lowest BCUT2D eigenvalue weighted by atomic mass is 10.2. The minimum atomic E-state index is -0.476. The zero-order chi connectivity index (χ0) is 15.2. The number of rotatable bonds is 3. The number of hydrogen-bond donors (Lipinski definition) is 0. The SMILES string of the molecule is Cc1noc(C)c1COC(=O)[C@@H]1CS[C@@]2(C)CCC(=O)N12. The van der Waals surface area contributed by atoms with E-state index in [1.165, 1.54) is 0 Å². The van der Waals surface area contributed by atoms with Crippen LogP contribution >= 0.6 is 11.8 Å². The maximum Gasteiger partial charge on any atom is 0.330 e. The fourth-order valence-corrected chi connectivity index (χ4v) is 4.36. The lowest BCUT2D eigenvalue weighted by Crippen LogP contribution is -2.46. The molecule has 0 N–H and O–H groups in total. The highest BCUT2D eigenvalue weighted by Crippen LogP contribution is 2.47. The summed E-state index contributed by atoms with van der Waals surface area (Å²) in [4.78, 5) is 25.8. The van der Waals surface area contributed by atoms with E-state index < -0.39 is 6.04 Å². The predicted molar refractivity (Wildman–Crippen MR) is 76.5 cm³/mol. The van der Waals surface area contributed by atoms with Crippen molar-refractivity contribution in [1.29, 1.82) is 0 Å². The normalized spacial score (nSPS) is 28.0. The van der Waals surface area contributed by atoms with Crippen LogP contribution in [-0.2, 0) is 20.9 Å². The van der Waals surface area contributed by atoms with Crippen LogP contribution in [0.1, 0.15) is 36.8 Å². The third kappa shape index (κ3) is 2.33. The van der Waals surface area contributed by atoms with E-state index in [0.717, 1.165) is 17.7 Å². The molecule has 0 spiro atoms. The largest absolute Gasteiger partial charge is 0.459 e. The Bertz CT molecular complexity index is 580. The third-order valence-electron chi connectivity index (χ3n) is 4.26. The van der Waals surface area contributed by atoms with Crippen LogP contribution in [0.2, 0.25) is 0 Å². The molecular formula is C14H18N2O4S. The summed E-state index contributed by atoms with van der Waals surface area (Å²) in [6.45, 7) is 5.76. The molecule has 1 amide bonds. The van der Waals surface area contributed by atoms with Crippen LogP contribution in [0, 0.1) is 13.8 Å². The van der Waals surface area contributed by atoms with Gasteiger partial charge in [0.25, 0.3) is 0 Å². The second kappa shape index (κ2) is 5.05. The van der Waals surface area contributed by atoms with Gasteiger partial charge in [-0.15, -0.1) is 11.8 Å². The minimum Gasteiger partial charge on any atom is -0.459 e. The number of carbonyl (C=O) groups is 2. The monoisotopic (exact) mass is 310 g/mol. The molecular weight excluding hydrogens is 292 g/mol. The van der Waals surface area contributed by atoms with Crippen molar-refractivity contribution >= 4 is 23.6 Å².